The van der Waals surface area contributed by atoms with Gasteiger partial charge in [0.2, 0.25) is 0 Å². The summed E-state index contributed by atoms with van der Waals surface area (Å²) < 4.78 is 0. The van der Waals surface area contributed by atoms with E-state index in [0.29, 0.717) is 0 Å². The van der Waals surface area contributed by atoms with Crippen LogP contribution in [-0.4, -0.2) is 37.8 Å². The van der Waals surface area contributed by atoms with Crippen LogP contribution in [0.4, 0.5) is 11.4 Å². The molecule has 0 aliphatic carbocycles. The number of hydrogen-bond donors (Lipinski definition) is 2. The highest BCUT2D eigenvalue weighted by Crippen LogP contribution is 2.32. The average molecular weight is 374 g/mol. The maximum Gasteiger partial charge on any atom is 0.322 e. The SMILES string of the molecule is O=C(c1ccc([N+](=O)[O-])cc1)c1cccc(C(C(=O)O)C(=O)O)c1[N+](=O)[O-]. The summed E-state index contributed by atoms with van der Waals surface area (Å²) in [4.78, 5) is 55.4. The van der Waals surface area contributed by atoms with Crippen LogP contribution < -0.4 is 0 Å². The van der Waals surface area contributed by atoms with E-state index >= 15 is 0 Å². The zero-order valence-corrected chi connectivity index (χ0v) is 13.3. The van der Waals surface area contributed by atoms with Crippen LogP contribution in [0.25, 0.3) is 0 Å². The number of carbonyl (C=O) groups is 3. The fraction of sp³-hybridized carbons (Fsp3) is 0.0625. The fourth-order valence-corrected chi connectivity index (χ4v) is 2.44. The number of carboxylic acids is 2. The third-order valence-electron chi connectivity index (χ3n) is 3.64. The summed E-state index contributed by atoms with van der Waals surface area (Å²) in [5, 5.41) is 40.3. The number of nitrogens with zero attached hydrogens (tertiary/aromatic N) is 2. The summed E-state index contributed by atoms with van der Waals surface area (Å²) in [7, 11) is 0. The molecule has 2 aromatic rings. The Labute approximate surface area is 149 Å². The number of ketones is 1. The van der Waals surface area contributed by atoms with E-state index in [1.165, 1.54) is 0 Å². The second kappa shape index (κ2) is 7.39. The van der Waals surface area contributed by atoms with E-state index in [-0.39, 0.29) is 11.3 Å². The Morgan fingerprint density at radius 3 is 1.85 bits per heavy atom. The van der Waals surface area contributed by atoms with Gasteiger partial charge < -0.3 is 10.2 Å². The second-order valence-electron chi connectivity index (χ2n) is 5.24. The number of nitro groups is 2. The van der Waals surface area contributed by atoms with Gasteiger partial charge in [-0.25, -0.2) is 0 Å². The molecule has 0 bridgehead atoms. The molecule has 11 nitrogen and oxygen atoms in total. The predicted molar refractivity (Wildman–Crippen MR) is 87.6 cm³/mol. The zero-order chi connectivity index (χ0) is 20.3. The Morgan fingerprint density at radius 2 is 1.41 bits per heavy atom. The van der Waals surface area contributed by atoms with E-state index in [4.69, 9.17) is 10.2 Å². The van der Waals surface area contributed by atoms with Crippen molar-refractivity contribution in [1.82, 2.24) is 0 Å². The largest absolute Gasteiger partial charge is 0.480 e. The minimum atomic E-state index is -2.24. The summed E-state index contributed by atoms with van der Waals surface area (Å²) in [5.74, 6) is -6.81. The van der Waals surface area contributed by atoms with Gasteiger partial charge in [0.15, 0.2) is 11.7 Å². The lowest BCUT2D eigenvalue weighted by Gasteiger charge is -2.11. The van der Waals surface area contributed by atoms with Crippen LogP contribution in [0.1, 0.15) is 27.4 Å². The lowest BCUT2D eigenvalue weighted by Crippen LogP contribution is -2.23. The van der Waals surface area contributed by atoms with Crippen LogP contribution in [0, 0.1) is 20.2 Å². The number of para-hydroxylation sites is 1. The van der Waals surface area contributed by atoms with E-state index in [1.54, 1.807) is 0 Å². The maximum absolute atomic E-state index is 12.6. The fourth-order valence-electron chi connectivity index (χ4n) is 2.44. The third kappa shape index (κ3) is 3.76. The molecule has 0 aromatic heterocycles. The molecule has 0 saturated carbocycles. The van der Waals surface area contributed by atoms with E-state index < -0.39 is 50.3 Å². The van der Waals surface area contributed by atoms with Crippen molar-refractivity contribution in [1.29, 1.82) is 0 Å². The molecular formula is C16H10N2O9. The van der Waals surface area contributed by atoms with Crippen molar-refractivity contribution in [3.63, 3.8) is 0 Å². The first-order chi connectivity index (χ1) is 12.6. The molecule has 0 fully saturated rings. The Hall–Kier alpha value is -4.15. The van der Waals surface area contributed by atoms with Crippen LogP contribution in [0.5, 0.6) is 0 Å². The highest BCUT2D eigenvalue weighted by Gasteiger charge is 2.37. The number of hydrogen-bond acceptors (Lipinski definition) is 7. The van der Waals surface area contributed by atoms with Crippen molar-refractivity contribution in [2.45, 2.75) is 5.92 Å². The van der Waals surface area contributed by atoms with Crippen molar-refractivity contribution in [2.75, 3.05) is 0 Å². The van der Waals surface area contributed by atoms with Gasteiger partial charge in [0, 0.05) is 17.7 Å². The number of nitro benzene ring substituents is 2. The van der Waals surface area contributed by atoms with Crippen LogP contribution >= 0.6 is 0 Å². The first-order valence-electron chi connectivity index (χ1n) is 7.17. The standard InChI is InChI=1S/C16H10N2O9/c19-14(8-4-6-9(7-5-8)17(24)25)11-3-1-2-10(13(11)18(26)27)12(15(20)21)16(22)23/h1-7,12H,(H,20,21)(H,22,23). The number of benzene rings is 2. The summed E-state index contributed by atoms with van der Waals surface area (Å²) in [6.07, 6.45) is 0. The quantitative estimate of drug-likeness (QED) is 0.317. The van der Waals surface area contributed by atoms with Gasteiger partial charge in [0.05, 0.1) is 15.4 Å². The van der Waals surface area contributed by atoms with Crippen LogP contribution in [0.15, 0.2) is 42.5 Å². The van der Waals surface area contributed by atoms with Crippen molar-refractivity contribution < 1.29 is 34.4 Å². The summed E-state index contributed by atoms with van der Waals surface area (Å²) >= 11 is 0. The summed E-state index contributed by atoms with van der Waals surface area (Å²) in [6.45, 7) is 0. The molecular weight excluding hydrogens is 364 g/mol. The minimum Gasteiger partial charge on any atom is -0.480 e. The Morgan fingerprint density at radius 1 is 0.852 bits per heavy atom. The maximum atomic E-state index is 12.6. The van der Waals surface area contributed by atoms with Crippen LogP contribution in [0.2, 0.25) is 0 Å². The molecule has 2 N–H and O–H groups in total. The van der Waals surface area contributed by atoms with Gasteiger partial charge in [0.25, 0.3) is 11.4 Å². The second-order valence-corrected chi connectivity index (χ2v) is 5.24. The molecule has 138 valence electrons. The number of rotatable bonds is 7. The lowest BCUT2D eigenvalue weighted by molar-refractivity contribution is -0.385. The van der Waals surface area contributed by atoms with Gasteiger partial charge in [-0.05, 0) is 18.2 Å². The molecule has 0 atom stereocenters. The van der Waals surface area contributed by atoms with Gasteiger partial charge in [0.1, 0.15) is 5.56 Å². The summed E-state index contributed by atoms with van der Waals surface area (Å²) in [6, 6.07) is 7.34. The third-order valence-corrected chi connectivity index (χ3v) is 3.64. The van der Waals surface area contributed by atoms with Gasteiger partial charge in [-0.15, -0.1) is 0 Å². The van der Waals surface area contributed by atoms with Crippen molar-refractivity contribution in [3.05, 3.63) is 79.4 Å². The highest BCUT2D eigenvalue weighted by atomic mass is 16.6. The molecule has 27 heavy (non-hydrogen) atoms. The van der Waals surface area contributed by atoms with Crippen molar-refractivity contribution in [3.8, 4) is 0 Å². The molecule has 11 heteroatoms. The van der Waals surface area contributed by atoms with E-state index in [2.05, 4.69) is 0 Å². The number of non-ortho nitro benzene ring substituents is 1. The zero-order valence-electron chi connectivity index (χ0n) is 13.3. The van der Waals surface area contributed by atoms with E-state index in [0.717, 1.165) is 42.5 Å². The number of carboxylic acid groups (broad SMARTS) is 2. The molecule has 0 aliphatic rings. The van der Waals surface area contributed by atoms with Crippen LogP contribution in [-0.2, 0) is 9.59 Å². The van der Waals surface area contributed by atoms with Gasteiger partial charge in [-0.2, -0.15) is 0 Å². The Kier molecular flexibility index (Phi) is 5.25. The lowest BCUT2D eigenvalue weighted by atomic mass is 9.92. The molecule has 0 heterocycles. The first-order valence-corrected chi connectivity index (χ1v) is 7.17. The van der Waals surface area contributed by atoms with Crippen LogP contribution in [0.3, 0.4) is 0 Å². The summed E-state index contributed by atoms with van der Waals surface area (Å²) in [5.41, 5.74) is -2.56. The molecule has 2 aromatic carbocycles. The van der Waals surface area contributed by atoms with E-state index in [9.17, 15) is 34.6 Å². The normalized spacial score (nSPS) is 10.4. The van der Waals surface area contributed by atoms with Gasteiger partial charge >= 0.3 is 11.9 Å². The predicted octanol–water partition coefficient (Wildman–Crippen LogP) is 1.99. The molecule has 0 spiro atoms. The topological polar surface area (TPSA) is 178 Å². The van der Waals surface area contributed by atoms with Crippen molar-refractivity contribution in [2.24, 2.45) is 0 Å². The van der Waals surface area contributed by atoms with Gasteiger partial charge in [-0.1, -0.05) is 12.1 Å². The molecule has 2 rings (SSSR count). The van der Waals surface area contributed by atoms with Gasteiger partial charge in [-0.3, -0.25) is 34.6 Å². The number of aliphatic carboxylic acids is 2. The smallest absolute Gasteiger partial charge is 0.322 e. The Balaban J connectivity index is 2.63. The molecule has 0 saturated heterocycles. The molecule has 0 aliphatic heterocycles. The minimum absolute atomic E-state index is 0.122. The highest BCUT2D eigenvalue weighted by molar-refractivity contribution is 6.12. The average Bonchev–Trinajstić information content (AvgIpc) is 2.60. The van der Waals surface area contributed by atoms with Crippen molar-refractivity contribution >= 4 is 29.1 Å². The molecule has 0 radical (unpaired) electrons. The van der Waals surface area contributed by atoms with E-state index in [1.807, 2.05) is 0 Å². The number of carbonyl (C=O) groups excluding carboxylic acids is 1. The molecule has 0 unspecified atom stereocenters. The monoisotopic (exact) mass is 374 g/mol. The first kappa shape index (κ1) is 19.2. The Bertz CT molecular complexity index is 952. The molecule has 0 amide bonds.